The van der Waals surface area contributed by atoms with Crippen molar-refractivity contribution in [3.05, 3.63) is 77.2 Å². The molecule has 37 heavy (non-hydrogen) atoms. The molecule has 0 bridgehead atoms. The quantitative estimate of drug-likeness (QED) is 0.318. The number of nitrogens with zero attached hydrogens (tertiary/aromatic N) is 1. The Morgan fingerprint density at radius 2 is 1.76 bits per heavy atom. The van der Waals surface area contributed by atoms with Crippen molar-refractivity contribution in [3.63, 3.8) is 0 Å². The van der Waals surface area contributed by atoms with Gasteiger partial charge in [-0.15, -0.1) is 0 Å². The Hall–Kier alpha value is -3.45. The van der Waals surface area contributed by atoms with Crippen LogP contribution in [0.3, 0.4) is 0 Å². The Balaban J connectivity index is 1.97. The summed E-state index contributed by atoms with van der Waals surface area (Å²) in [5.74, 6) is -0.329. The normalized spacial score (nSPS) is 12.8. The van der Waals surface area contributed by atoms with Gasteiger partial charge < -0.3 is 19.3 Å². The average Bonchev–Trinajstić information content (AvgIpc) is 2.82. The Morgan fingerprint density at radius 1 is 1.03 bits per heavy atom. The summed E-state index contributed by atoms with van der Waals surface area (Å²) in [4.78, 5) is 15.2. The van der Waals surface area contributed by atoms with E-state index in [9.17, 15) is 14.3 Å². The molecule has 0 fully saturated rings. The van der Waals surface area contributed by atoms with E-state index < -0.39 is 17.2 Å². The molecule has 0 aliphatic carbocycles. The highest BCUT2D eigenvalue weighted by molar-refractivity contribution is 5.70. The molecule has 7 heteroatoms. The van der Waals surface area contributed by atoms with Crippen LogP contribution in [0.2, 0.25) is 0 Å². The van der Waals surface area contributed by atoms with Gasteiger partial charge in [-0.25, -0.2) is 9.37 Å². The Labute approximate surface area is 218 Å². The van der Waals surface area contributed by atoms with E-state index >= 15 is 0 Å². The van der Waals surface area contributed by atoms with Gasteiger partial charge >= 0.3 is 5.97 Å². The first-order chi connectivity index (χ1) is 17.4. The third-order valence-corrected chi connectivity index (χ3v) is 6.36. The molecular formula is C30H36FNO5. The number of carboxylic acid groups (broad SMARTS) is 1. The van der Waals surface area contributed by atoms with Crippen molar-refractivity contribution in [2.24, 2.45) is 5.41 Å². The zero-order chi connectivity index (χ0) is 27.4. The van der Waals surface area contributed by atoms with E-state index in [1.807, 2.05) is 56.3 Å². The minimum Gasteiger partial charge on any atom is -0.489 e. The SMILES string of the molecule is COc1cc(-c2ccc(COc3cccc(C(C)(C)CC(=O)O)c3)cc2C(OC)C(C)(C)C)c(F)cn1. The van der Waals surface area contributed by atoms with E-state index in [1.54, 1.807) is 13.2 Å². The molecule has 198 valence electrons. The van der Waals surface area contributed by atoms with Gasteiger partial charge in [0.05, 0.1) is 25.8 Å². The zero-order valence-electron chi connectivity index (χ0n) is 22.6. The van der Waals surface area contributed by atoms with Gasteiger partial charge in [0.15, 0.2) is 0 Å². The summed E-state index contributed by atoms with van der Waals surface area (Å²) in [6.45, 7) is 10.3. The van der Waals surface area contributed by atoms with E-state index in [4.69, 9.17) is 14.2 Å². The highest BCUT2D eigenvalue weighted by Crippen LogP contribution is 2.42. The number of carboxylic acids is 1. The van der Waals surface area contributed by atoms with Crippen molar-refractivity contribution in [1.82, 2.24) is 4.98 Å². The Bertz CT molecular complexity index is 1250. The molecule has 3 aromatic rings. The van der Waals surface area contributed by atoms with Crippen LogP contribution in [0.25, 0.3) is 11.1 Å². The van der Waals surface area contributed by atoms with E-state index in [0.717, 1.165) is 22.9 Å². The van der Waals surface area contributed by atoms with Crippen LogP contribution in [-0.4, -0.2) is 30.3 Å². The number of rotatable bonds is 10. The lowest BCUT2D eigenvalue weighted by Crippen LogP contribution is -2.21. The van der Waals surface area contributed by atoms with Gasteiger partial charge in [-0.3, -0.25) is 4.79 Å². The van der Waals surface area contributed by atoms with Gasteiger partial charge in [0.1, 0.15) is 18.2 Å². The van der Waals surface area contributed by atoms with E-state index in [0.29, 0.717) is 22.8 Å². The van der Waals surface area contributed by atoms with Crippen LogP contribution in [0, 0.1) is 11.2 Å². The summed E-state index contributed by atoms with van der Waals surface area (Å²) in [6.07, 6.45) is 0.858. The molecule has 2 aromatic carbocycles. The van der Waals surface area contributed by atoms with Crippen molar-refractivity contribution in [2.75, 3.05) is 14.2 Å². The van der Waals surface area contributed by atoms with Crippen LogP contribution in [0.15, 0.2) is 54.7 Å². The number of aliphatic carboxylic acids is 1. The Morgan fingerprint density at radius 3 is 2.38 bits per heavy atom. The summed E-state index contributed by atoms with van der Waals surface area (Å²) in [7, 11) is 3.15. The van der Waals surface area contributed by atoms with Gasteiger partial charge in [-0.05, 0) is 45.9 Å². The van der Waals surface area contributed by atoms with Crippen molar-refractivity contribution in [2.45, 2.75) is 59.2 Å². The van der Waals surface area contributed by atoms with Crippen molar-refractivity contribution in [3.8, 4) is 22.8 Å². The van der Waals surface area contributed by atoms with Crippen LogP contribution in [-0.2, 0) is 21.6 Å². The lowest BCUT2D eigenvalue weighted by molar-refractivity contribution is -0.138. The van der Waals surface area contributed by atoms with Crippen LogP contribution >= 0.6 is 0 Å². The van der Waals surface area contributed by atoms with Crippen LogP contribution in [0.1, 0.15) is 63.8 Å². The lowest BCUT2D eigenvalue weighted by atomic mass is 9.81. The molecule has 1 heterocycles. The molecule has 3 rings (SSSR count). The maximum absolute atomic E-state index is 14.9. The fraction of sp³-hybridized carbons (Fsp3) is 0.400. The summed E-state index contributed by atoms with van der Waals surface area (Å²) >= 11 is 0. The number of hydrogen-bond acceptors (Lipinski definition) is 5. The number of pyridine rings is 1. The minimum absolute atomic E-state index is 0.0167. The molecule has 0 spiro atoms. The predicted molar refractivity (Wildman–Crippen MR) is 141 cm³/mol. The molecular weight excluding hydrogens is 473 g/mol. The summed E-state index contributed by atoms with van der Waals surface area (Å²) in [5, 5.41) is 9.26. The number of halogens is 1. The van der Waals surface area contributed by atoms with Crippen molar-refractivity contribution in [1.29, 1.82) is 0 Å². The van der Waals surface area contributed by atoms with E-state index in [-0.39, 0.29) is 24.5 Å². The van der Waals surface area contributed by atoms with Crippen LogP contribution in [0.5, 0.6) is 11.6 Å². The zero-order valence-corrected chi connectivity index (χ0v) is 22.6. The maximum Gasteiger partial charge on any atom is 0.304 e. The fourth-order valence-corrected chi connectivity index (χ4v) is 4.50. The van der Waals surface area contributed by atoms with Gasteiger partial charge in [0, 0.05) is 24.2 Å². The highest BCUT2D eigenvalue weighted by atomic mass is 19.1. The van der Waals surface area contributed by atoms with Crippen molar-refractivity contribution < 1.29 is 28.5 Å². The number of ether oxygens (including phenoxy) is 3. The minimum atomic E-state index is -0.848. The second-order valence-corrected chi connectivity index (χ2v) is 10.9. The number of methoxy groups -OCH3 is 2. The predicted octanol–water partition coefficient (Wildman–Crippen LogP) is 6.96. The number of benzene rings is 2. The lowest BCUT2D eigenvalue weighted by Gasteiger charge is -2.32. The highest BCUT2D eigenvalue weighted by Gasteiger charge is 2.30. The summed E-state index contributed by atoms with van der Waals surface area (Å²) < 4.78 is 32.1. The third-order valence-electron chi connectivity index (χ3n) is 6.36. The van der Waals surface area contributed by atoms with Crippen LogP contribution in [0.4, 0.5) is 4.39 Å². The van der Waals surface area contributed by atoms with E-state index in [1.165, 1.54) is 7.11 Å². The first-order valence-corrected chi connectivity index (χ1v) is 12.2. The molecule has 0 radical (unpaired) electrons. The molecule has 0 saturated carbocycles. The molecule has 0 aliphatic rings. The van der Waals surface area contributed by atoms with Gasteiger partial charge in [-0.1, -0.05) is 58.9 Å². The first kappa shape index (κ1) is 28.1. The standard InChI is InChI=1S/C30H36FNO5/c1-29(2,3)28(36-7)24-13-19(11-12-22(24)23-15-26(35-6)32-17-25(23)31)18-37-21-10-8-9-20(14-21)30(4,5)16-27(33)34/h8-15,17,28H,16,18H2,1-7H3,(H,33,34). The molecule has 1 aromatic heterocycles. The molecule has 6 nitrogen and oxygen atoms in total. The molecule has 0 aliphatic heterocycles. The van der Waals surface area contributed by atoms with Gasteiger partial charge in [0.25, 0.3) is 0 Å². The summed E-state index contributed by atoms with van der Waals surface area (Å²) in [6, 6.07) is 14.8. The Kier molecular flexibility index (Phi) is 8.59. The van der Waals surface area contributed by atoms with Crippen LogP contribution < -0.4 is 9.47 Å². The first-order valence-electron chi connectivity index (χ1n) is 12.2. The third kappa shape index (κ3) is 6.86. The number of hydrogen-bond donors (Lipinski definition) is 1. The number of carbonyl (C=O) groups is 1. The summed E-state index contributed by atoms with van der Waals surface area (Å²) in [5.41, 5.74) is 2.89. The molecule has 0 amide bonds. The number of aromatic nitrogens is 1. The largest absolute Gasteiger partial charge is 0.489 e. The van der Waals surface area contributed by atoms with E-state index in [2.05, 4.69) is 25.8 Å². The van der Waals surface area contributed by atoms with Gasteiger partial charge in [-0.2, -0.15) is 0 Å². The molecule has 1 unspecified atom stereocenters. The second-order valence-electron chi connectivity index (χ2n) is 10.9. The van der Waals surface area contributed by atoms with Crippen molar-refractivity contribution >= 4 is 5.97 Å². The molecule has 1 atom stereocenters. The molecule has 0 saturated heterocycles. The smallest absolute Gasteiger partial charge is 0.304 e. The second kappa shape index (κ2) is 11.3. The monoisotopic (exact) mass is 509 g/mol. The topological polar surface area (TPSA) is 77.9 Å². The average molecular weight is 510 g/mol. The maximum atomic E-state index is 14.9. The van der Waals surface area contributed by atoms with Gasteiger partial charge in [0.2, 0.25) is 5.88 Å². The fourth-order valence-electron chi connectivity index (χ4n) is 4.50. The molecule has 1 N–H and O–H groups in total.